The minimum Gasteiger partial charge on any atom is -0.393 e. The van der Waals surface area contributed by atoms with Crippen LogP contribution in [0.15, 0.2) is 11.0 Å². The zero-order chi connectivity index (χ0) is 12.4. The zero-order valence-corrected chi connectivity index (χ0v) is 9.68. The Labute approximate surface area is 102 Å². The van der Waals surface area contributed by atoms with Crippen molar-refractivity contribution in [3.8, 4) is 12.3 Å². The third-order valence-corrected chi connectivity index (χ3v) is 3.44. The summed E-state index contributed by atoms with van der Waals surface area (Å²) in [5.41, 5.74) is 5.02. The van der Waals surface area contributed by atoms with Crippen LogP contribution in [0.4, 0.5) is 5.82 Å². The van der Waals surface area contributed by atoms with Crippen LogP contribution in [0.25, 0.3) is 0 Å². The molecule has 17 heavy (non-hydrogen) atoms. The van der Waals surface area contributed by atoms with E-state index in [1.807, 2.05) is 0 Å². The Morgan fingerprint density at radius 3 is 3.18 bits per heavy atom. The first kappa shape index (κ1) is 12.0. The Balaban J connectivity index is 2.34. The number of hydrogen-bond donors (Lipinski definition) is 2. The van der Waals surface area contributed by atoms with Gasteiger partial charge in [0.15, 0.2) is 0 Å². The first-order chi connectivity index (χ1) is 8.15. The van der Waals surface area contributed by atoms with Crippen LogP contribution in [-0.4, -0.2) is 32.5 Å². The average Bonchev–Trinajstić information content (AvgIpc) is 2.78. The number of ether oxygens (including phenoxy) is 1. The quantitative estimate of drug-likeness (QED) is 0.683. The van der Waals surface area contributed by atoms with Crippen LogP contribution in [0.5, 0.6) is 0 Å². The molecule has 1 aromatic heterocycles. The van der Waals surface area contributed by atoms with Gasteiger partial charge in [-0.2, -0.15) is 4.98 Å². The van der Waals surface area contributed by atoms with Crippen LogP contribution in [0.1, 0.15) is 11.8 Å². The first-order valence-corrected chi connectivity index (χ1v) is 5.93. The van der Waals surface area contributed by atoms with Gasteiger partial charge in [-0.15, -0.1) is 18.2 Å². The van der Waals surface area contributed by atoms with Gasteiger partial charge < -0.3 is 15.6 Å². The lowest BCUT2D eigenvalue weighted by Gasteiger charge is -2.14. The summed E-state index contributed by atoms with van der Waals surface area (Å²) in [4.78, 5) is 15.3. The third-order valence-electron chi connectivity index (χ3n) is 2.33. The molecule has 1 fully saturated rings. The molecule has 90 valence electrons. The van der Waals surface area contributed by atoms with Crippen LogP contribution in [0.2, 0.25) is 0 Å². The maximum Gasteiger partial charge on any atom is 0.351 e. The van der Waals surface area contributed by atoms with E-state index in [4.69, 9.17) is 22.0 Å². The third kappa shape index (κ3) is 2.29. The molecule has 1 aliphatic heterocycles. The molecule has 0 aliphatic carbocycles. The van der Waals surface area contributed by atoms with E-state index in [0.29, 0.717) is 11.3 Å². The number of aromatic nitrogens is 2. The summed E-state index contributed by atoms with van der Waals surface area (Å²) in [5.74, 6) is 2.95. The Hall–Kier alpha value is -1.49. The number of terminal acetylenes is 1. The monoisotopic (exact) mass is 253 g/mol. The molecule has 6 nitrogen and oxygen atoms in total. The molecule has 1 saturated heterocycles. The topological polar surface area (TPSA) is 90.4 Å². The second-order valence-electron chi connectivity index (χ2n) is 3.41. The summed E-state index contributed by atoms with van der Waals surface area (Å²) in [6.45, 7) is -0.0969. The number of anilines is 1. The summed E-state index contributed by atoms with van der Waals surface area (Å²) in [6.07, 6.45) is 6.24. The van der Waals surface area contributed by atoms with Crippen LogP contribution in [0, 0.1) is 12.3 Å². The minimum absolute atomic E-state index is 0.0399. The van der Waals surface area contributed by atoms with E-state index in [1.54, 1.807) is 0 Å². The number of thioether (sulfide) groups is 1. The fraction of sp³-hybridized carbons (Fsp3) is 0.400. The van der Waals surface area contributed by atoms with Crippen molar-refractivity contribution in [1.82, 2.24) is 9.55 Å². The van der Waals surface area contributed by atoms with Crippen molar-refractivity contribution in [1.29, 1.82) is 0 Å². The van der Waals surface area contributed by atoms with Crippen LogP contribution in [-0.2, 0) is 4.74 Å². The number of nitrogens with zero attached hydrogens (tertiary/aromatic N) is 2. The van der Waals surface area contributed by atoms with Gasteiger partial charge in [-0.25, -0.2) is 4.79 Å². The number of aliphatic hydroxyl groups is 1. The van der Waals surface area contributed by atoms with Gasteiger partial charge in [0.05, 0.1) is 12.2 Å². The van der Waals surface area contributed by atoms with Crippen molar-refractivity contribution in [2.24, 2.45) is 0 Å². The van der Waals surface area contributed by atoms with Crippen molar-refractivity contribution in [3.63, 3.8) is 0 Å². The van der Waals surface area contributed by atoms with Crippen molar-refractivity contribution in [3.05, 3.63) is 22.2 Å². The summed E-state index contributed by atoms with van der Waals surface area (Å²) in [6, 6.07) is 0. The highest BCUT2D eigenvalue weighted by Crippen LogP contribution is 2.30. The van der Waals surface area contributed by atoms with E-state index in [2.05, 4.69) is 10.9 Å². The van der Waals surface area contributed by atoms with E-state index in [1.165, 1.54) is 22.5 Å². The van der Waals surface area contributed by atoms with Gasteiger partial charge in [0.2, 0.25) is 0 Å². The average molecular weight is 253 g/mol. The van der Waals surface area contributed by atoms with Crippen LogP contribution < -0.4 is 11.4 Å². The molecule has 0 amide bonds. The van der Waals surface area contributed by atoms with Gasteiger partial charge in [0.25, 0.3) is 0 Å². The van der Waals surface area contributed by atoms with E-state index < -0.39 is 11.9 Å². The van der Waals surface area contributed by atoms with Crippen LogP contribution >= 0.6 is 11.8 Å². The highest BCUT2D eigenvalue weighted by Gasteiger charge is 2.27. The maximum atomic E-state index is 11.6. The normalized spacial score (nSPS) is 23.5. The molecule has 2 atom stereocenters. The summed E-state index contributed by atoms with van der Waals surface area (Å²) in [5, 5.41) is 8.94. The van der Waals surface area contributed by atoms with Crippen molar-refractivity contribution in [2.45, 2.75) is 11.7 Å². The number of rotatable bonds is 2. The Morgan fingerprint density at radius 1 is 1.82 bits per heavy atom. The largest absolute Gasteiger partial charge is 0.393 e. The molecule has 0 bridgehead atoms. The van der Waals surface area contributed by atoms with Crippen LogP contribution in [0.3, 0.4) is 0 Å². The molecule has 3 N–H and O–H groups in total. The SMILES string of the molecule is C#Cc1cn([C@H]2CS[C@@H](CO)O2)c(=O)nc1N. The number of hydrogen-bond acceptors (Lipinski definition) is 6. The summed E-state index contributed by atoms with van der Waals surface area (Å²) in [7, 11) is 0. The Kier molecular flexibility index (Phi) is 3.38. The molecule has 0 spiro atoms. The van der Waals surface area contributed by atoms with E-state index in [-0.39, 0.29) is 17.9 Å². The molecule has 0 saturated carbocycles. The van der Waals surface area contributed by atoms with Gasteiger partial charge in [-0.3, -0.25) is 4.57 Å². The van der Waals surface area contributed by atoms with E-state index in [9.17, 15) is 4.79 Å². The molecule has 1 aliphatic rings. The second-order valence-corrected chi connectivity index (χ2v) is 4.60. The lowest BCUT2D eigenvalue weighted by molar-refractivity contribution is -0.00632. The maximum absolute atomic E-state index is 11.6. The van der Waals surface area contributed by atoms with Gasteiger partial charge in [-0.05, 0) is 0 Å². The van der Waals surface area contributed by atoms with Gasteiger partial charge in [-0.1, -0.05) is 5.92 Å². The standard InChI is InChI=1S/C10H11N3O3S/c1-2-6-3-13(10(15)12-9(6)11)7-5-17-8(4-14)16-7/h1,3,7-8,14H,4-5H2,(H2,11,12,15)/t7-,8+/m1/s1. The number of aliphatic hydroxyl groups excluding tert-OH is 1. The molecule has 0 aromatic carbocycles. The van der Waals surface area contributed by atoms with Gasteiger partial charge in [0, 0.05) is 11.9 Å². The van der Waals surface area contributed by atoms with Gasteiger partial charge >= 0.3 is 5.69 Å². The number of nitrogens with two attached hydrogens (primary N) is 1. The van der Waals surface area contributed by atoms with Crippen molar-refractivity contribution in [2.75, 3.05) is 18.1 Å². The lowest BCUT2D eigenvalue weighted by atomic mass is 10.3. The molecule has 0 radical (unpaired) electrons. The molecule has 2 heterocycles. The fourth-order valence-corrected chi connectivity index (χ4v) is 2.41. The molecular formula is C10H11N3O3S. The molecule has 7 heteroatoms. The van der Waals surface area contributed by atoms with E-state index in [0.717, 1.165) is 0 Å². The molecular weight excluding hydrogens is 242 g/mol. The summed E-state index contributed by atoms with van der Waals surface area (Å²) < 4.78 is 6.74. The van der Waals surface area contributed by atoms with Crippen molar-refractivity contribution < 1.29 is 9.84 Å². The smallest absolute Gasteiger partial charge is 0.351 e. The molecule has 2 rings (SSSR count). The fourth-order valence-electron chi connectivity index (χ4n) is 1.48. The highest BCUT2D eigenvalue weighted by atomic mass is 32.2. The highest BCUT2D eigenvalue weighted by molar-refractivity contribution is 8.00. The zero-order valence-electron chi connectivity index (χ0n) is 8.87. The second kappa shape index (κ2) is 4.79. The van der Waals surface area contributed by atoms with Gasteiger partial charge in [0.1, 0.15) is 17.5 Å². The predicted octanol–water partition coefficient (Wildman–Crippen LogP) is -0.613. The Morgan fingerprint density at radius 2 is 2.59 bits per heavy atom. The predicted molar refractivity (Wildman–Crippen MR) is 64.3 cm³/mol. The first-order valence-electron chi connectivity index (χ1n) is 4.89. The minimum atomic E-state index is -0.509. The number of nitrogen functional groups attached to an aromatic ring is 1. The van der Waals surface area contributed by atoms with Crippen molar-refractivity contribution >= 4 is 17.6 Å². The lowest BCUT2D eigenvalue weighted by Crippen LogP contribution is -2.29. The molecule has 0 unspecified atom stereocenters. The summed E-state index contributed by atoms with van der Waals surface area (Å²) >= 11 is 1.43. The van der Waals surface area contributed by atoms with E-state index >= 15 is 0 Å². The Bertz CT molecular complexity index is 523. The molecule has 1 aromatic rings.